The van der Waals surface area contributed by atoms with E-state index in [9.17, 15) is 10.1 Å². The number of rotatable bonds is 4. The maximum Gasteiger partial charge on any atom is 0.283 e. The van der Waals surface area contributed by atoms with Gasteiger partial charge in [-0.05, 0) is 47.2 Å². The minimum Gasteiger partial charge on any atom is -0.325 e. The fourth-order valence-electron chi connectivity index (χ4n) is 1.69. The molecule has 1 aliphatic rings. The number of nitrogens with two attached hydrogens (primary N) is 1. The minimum absolute atomic E-state index is 0.00986. The van der Waals surface area contributed by atoms with E-state index < -0.39 is 0 Å². The van der Waals surface area contributed by atoms with Crippen LogP contribution in [0.15, 0.2) is 22.7 Å². The fraction of sp³-hybridized carbons (Fsp3) is 0.455. The number of halogens is 1. The van der Waals surface area contributed by atoms with Gasteiger partial charge in [-0.2, -0.15) is 0 Å². The van der Waals surface area contributed by atoms with Crippen molar-refractivity contribution in [1.82, 2.24) is 0 Å². The number of nitro benzene ring substituents is 1. The summed E-state index contributed by atoms with van der Waals surface area (Å²) in [6.07, 6.45) is 3.82. The van der Waals surface area contributed by atoms with Crippen LogP contribution in [0.4, 0.5) is 5.69 Å². The van der Waals surface area contributed by atoms with Crippen LogP contribution in [0.5, 0.6) is 0 Å². The molecule has 1 aliphatic carbocycles. The molecule has 1 aromatic carbocycles. The Hall–Kier alpha value is -0.940. The van der Waals surface area contributed by atoms with Crippen molar-refractivity contribution in [2.75, 3.05) is 0 Å². The number of aryl methyl sites for hydroxylation is 1. The average Bonchev–Trinajstić information content (AvgIpc) is 2.95. The average molecular weight is 285 g/mol. The number of benzene rings is 1. The number of hydrogen-bond acceptors (Lipinski definition) is 3. The first-order valence-corrected chi connectivity index (χ1v) is 6.02. The molecule has 0 bridgehead atoms. The van der Waals surface area contributed by atoms with E-state index in [0.717, 1.165) is 31.2 Å². The SMILES string of the molecule is NC1(CCc2cccc([N+](=O)[O-])c2Br)CC1. The van der Waals surface area contributed by atoms with E-state index in [1.54, 1.807) is 6.07 Å². The molecule has 16 heavy (non-hydrogen) atoms. The lowest BCUT2D eigenvalue weighted by atomic mass is 10.0. The van der Waals surface area contributed by atoms with Gasteiger partial charge in [0.25, 0.3) is 5.69 Å². The third-order valence-electron chi connectivity index (χ3n) is 3.04. The van der Waals surface area contributed by atoms with Crippen LogP contribution >= 0.6 is 15.9 Å². The Morgan fingerprint density at radius 1 is 1.50 bits per heavy atom. The highest BCUT2D eigenvalue weighted by Gasteiger charge is 2.37. The van der Waals surface area contributed by atoms with E-state index >= 15 is 0 Å². The summed E-state index contributed by atoms with van der Waals surface area (Å²) < 4.78 is 0.587. The van der Waals surface area contributed by atoms with Gasteiger partial charge in [0.05, 0.1) is 9.40 Å². The lowest BCUT2D eigenvalue weighted by molar-refractivity contribution is -0.385. The van der Waals surface area contributed by atoms with Crippen molar-refractivity contribution in [2.45, 2.75) is 31.2 Å². The predicted octanol–water partition coefficient (Wildman–Crippen LogP) is 2.78. The van der Waals surface area contributed by atoms with Gasteiger partial charge in [0.15, 0.2) is 0 Å². The van der Waals surface area contributed by atoms with E-state index in [2.05, 4.69) is 15.9 Å². The molecule has 0 heterocycles. The van der Waals surface area contributed by atoms with Gasteiger partial charge in [0.1, 0.15) is 0 Å². The summed E-state index contributed by atoms with van der Waals surface area (Å²) in [5, 5.41) is 10.7. The van der Waals surface area contributed by atoms with Crippen LogP contribution in [0.2, 0.25) is 0 Å². The van der Waals surface area contributed by atoms with Gasteiger partial charge in [0, 0.05) is 11.6 Å². The molecule has 0 atom stereocenters. The van der Waals surface area contributed by atoms with Gasteiger partial charge < -0.3 is 5.73 Å². The van der Waals surface area contributed by atoms with Gasteiger partial charge in [-0.3, -0.25) is 10.1 Å². The molecule has 2 N–H and O–H groups in total. The third-order valence-corrected chi connectivity index (χ3v) is 3.95. The van der Waals surface area contributed by atoms with Crippen LogP contribution in [0.25, 0.3) is 0 Å². The summed E-state index contributed by atoms with van der Waals surface area (Å²) in [5.41, 5.74) is 7.07. The van der Waals surface area contributed by atoms with Crippen LogP contribution in [-0.2, 0) is 6.42 Å². The molecule has 1 fully saturated rings. The fourth-order valence-corrected chi connectivity index (χ4v) is 2.30. The van der Waals surface area contributed by atoms with Crippen molar-refractivity contribution in [3.05, 3.63) is 38.3 Å². The van der Waals surface area contributed by atoms with Crippen molar-refractivity contribution in [3.8, 4) is 0 Å². The first kappa shape index (κ1) is 11.5. The predicted molar refractivity (Wildman–Crippen MR) is 65.3 cm³/mol. The van der Waals surface area contributed by atoms with Gasteiger partial charge in [-0.15, -0.1) is 0 Å². The van der Waals surface area contributed by atoms with Crippen molar-refractivity contribution in [3.63, 3.8) is 0 Å². The van der Waals surface area contributed by atoms with Crippen molar-refractivity contribution in [1.29, 1.82) is 0 Å². The van der Waals surface area contributed by atoms with E-state index in [1.807, 2.05) is 6.07 Å². The Morgan fingerprint density at radius 2 is 2.19 bits per heavy atom. The standard InChI is InChI=1S/C11H13BrN2O2/c12-10-8(4-5-11(13)6-7-11)2-1-3-9(10)14(15)16/h1-3H,4-7,13H2. The molecule has 4 nitrogen and oxygen atoms in total. The van der Waals surface area contributed by atoms with Gasteiger partial charge >= 0.3 is 0 Å². The second kappa shape index (κ2) is 4.14. The van der Waals surface area contributed by atoms with Crippen LogP contribution in [0.3, 0.4) is 0 Å². The highest BCUT2D eigenvalue weighted by Crippen LogP contribution is 2.38. The van der Waals surface area contributed by atoms with E-state index in [4.69, 9.17) is 5.73 Å². The summed E-state index contributed by atoms with van der Waals surface area (Å²) in [4.78, 5) is 10.4. The molecule has 0 amide bonds. The molecule has 86 valence electrons. The molecular formula is C11H13BrN2O2. The highest BCUT2D eigenvalue weighted by molar-refractivity contribution is 9.10. The molecule has 2 rings (SSSR count). The lowest BCUT2D eigenvalue weighted by Crippen LogP contribution is -2.22. The highest BCUT2D eigenvalue weighted by atomic mass is 79.9. The van der Waals surface area contributed by atoms with Crippen LogP contribution in [0.1, 0.15) is 24.8 Å². The minimum atomic E-state index is -0.372. The van der Waals surface area contributed by atoms with Crippen LogP contribution in [0, 0.1) is 10.1 Å². The van der Waals surface area contributed by atoms with E-state index in [1.165, 1.54) is 6.07 Å². The summed E-state index contributed by atoms with van der Waals surface area (Å²) >= 11 is 3.29. The Balaban J connectivity index is 2.14. The zero-order valence-corrected chi connectivity index (χ0v) is 10.4. The third kappa shape index (κ3) is 2.41. The van der Waals surface area contributed by atoms with E-state index in [-0.39, 0.29) is 16.1 Å². The largest absolute Gasteiger partial charge is 0.325 e. The summed E-state index contributed by atoms with van der Waals surface area (Å²) in [6.45, 7) is 0. The normalized spacial score (nSPS) is 17.1. The van der Waals surface area contributed by atoms with Crippen molar-refractivity contribution >= 4 is 21.6 Å². The number of hydrogen-bond donors (Lipinski definition) is 1. The second-order valence-electron chi connectivity index (χ2n) is 4.37. The monoisotopic (exact) mass is 284 g/mol. The Bertz CT molecular complexity index is 430. The summed E-state index contributed by atoms with van der Waals surface area (Å²) in [5.74, 6) is 0. The summed E-state index contributed by atoms with van der Waals surface area (Å²) in [6, 6.07) is 5.13. The van der Waals surface area contributed by atoms with Gasteiger partial charge in [-0.1, -0.05) is 12.1 Å². The number of nitro groups is 1. The molecule has 0 aromatic heterocycles. The molecule has 0 radical (unpaired) electrons. The van der Waals surface area contributed by atoms with Crippen molar-refractivity contribution < 1.29 is 4.92 Å². The zero-order chi connectivity index (χ0) is 11.8. The molecule has 0 saturated heterocycles. The maximum atomic E-state index is 10.7. The van der Waals surface area contributed by atoms with Crippen molar-refractivity contribution in [2.24, 2.45) is 5.73 Å². The second-order valence-corrected chi connectivity index (χ2v) is 5.16. The van der Waals surface area contributed by atoms with E-state index in [0.29, 0.717) is 4.47 Å². The Morgan fingerprint density at radius 3 is 2.75 bits per heavy atom. The Kier molecular flexibility index (Phi) is 2.99. The van der Waals surface area contributed by atoms with Crippen LogP contribution in [-0.4, -0.2) is 10.5 Å². The molecule has 0 unspecified atom stereocenters. The smallest absolute Gasteiger partial charge is 0.283 e. The zero-order valence-electron chi connectivity index (χ0n) is 8.78. The first-order chi connectivity index (χ1) is 7.52. The lowest BCUT2D eigenvalue weighted by Gasteiger charge is -2.09. The van der Waals surface area contributed by atoms with Gasteiger partial charge in [0.2, 0.25) is 0 Å². The Labute approximate surface area is 102 Å². The molecule has 0 aliphatic heterocycles. The number of nitrogens with zero attached hydrogens (tertiary/aromatic N) is 1. The van der Waals surface area contributed by atoms with Gasteiger partial charge in [-0.25, -0.2) is 0 Å². The molecule has 1 aromatic rings. The molecule has 0 spiro atoms. The first-order valence-electron chi connectivity index (χ1n) is 5.22. The molecule has 1 saturated carbocycles. The molecular weight excluding hydrogens is 272 g/mol. The maximum absolute atomic E-state index is 10.7. The van der Waals surface area contributed by atoms with Crippen LogP contribution < -0.4 is 5.73 Å². The topological polar surface area (TPSA) is 69.2 Å². The summed E-state index contributed by atoms with van der Waals surface area (Å²) in [7, 11) is 0. The quantitative estimate of drug-likeness (QED) is 0.683. The molecule has 5 heteroatoms.